The minimum Gasteiger partial charge on any atom is -0.491 e. The standard InChI is InChI=1S/C22H23N3O3/c1-24(2)21(26)9-7-16-6-8-20-19(12-16)15-25(10-11-28-20)22(27)18-5-3-4-17(13-18)14-23/h3-6,8,12-13H,7,9-11,15H2,1-2H3. The Morgan fingerprint density at radius 2 is 2.04 bits per heavy atom. The molecule has 3 rings (SSSR count). The molecule has 0 aromatic heterocycles. The maximum atomic E-state index is 12.9. The Balaban J connectivity index is 1.77. The molecule has 2 amide bonds. The van der Waals surface area contributed by atoms with E-state index in [1.54, 1.807) is 48.2 Å². The Morgan fingerprint density at radius 3 is 2.79 bits per heavy atom. The first-order valence-electron chi connectivity index (χ1n) is 9.22. The van der Waals surface area contributed by atoms with E-state index in [9.17, 15) is 9.59 Å². The lowest BCUT2D eigenvalue weighted by molar-refractivity contribution is -0.128. The van der Waals surface area contributed by atoms with Crippen molar-refractivity contribution in [2.45, 2.75) is 19.4 Å². The van der Waals surface area contributed by atoms with Crippen LogP contribution in [0.3, 0.4) is 0 Å². The molecule has 0 saturated carbocycles. The summed E-state index contributed by atoms with van der Waals surface area (Å²) >= 11 is 0. The molecule has 1 aliphatic heterocycles. The first kappa shape index (κ1) is 19.4. The highest BCUT2D eigenvalue weighted by molar-refractivity contribution is 5.94. The zero-order valence-corrected chi connectivity index (χ0v) is 16.1. The van der Waals surface area contributed by atoms with Gasteiger partial charge < -0.3 is 14.5 Å². The lowest BCUT2D eigenvalue weighted by Crippen LogP contribution is -2.32. The molecule has 1 aliphatic rings. The molecule has 2 aromatic carbocycles. The summed E-state index contributed by atoms with van der Waals surface area (Å²) < 4.78 is 5.81. The van der Waals surface area contributed by atoms with Gasteiger partial charge in [-0.15, -0.1) is 0 Å². The van der Waals surface area contributed by atoms with Crippen LogP contribution in [0.4, 0.5) is 0 Å². The van der Waals surface area contributed by atoms with E-state index in [1.807, 2.05) is 18.2 Å². The molecule has 28 heavy (non-hydrogen) atoms. The van der Waals surface area contributed by atoms with Gasteiger partial charge in [0.1, 0.15) is 12.4 Å². The van der Waals surface area contributed by atoms with Gasteiger partial charge in [0.2, 0.25) is 5.91 Å². The summed E-state index contributed by atoms with van der Waals surface area (Å²) in [5, 5.41) is 9.06. The molecule has 0 spiro atoms. The molecule has 2 aromatic rings. The number of carbonyl (C=O) groups excluding carboxylic acids is 2. The van der Waals surface area contributed by atoms with Crippen LogP contribution in [0.5, 0.6) is 5.75 Å². The molecular weight excluding hydrogens is 354 g/mol. The molecule has 0 saturated heterocycles. The number of rotatable bonds is 4. The fourth-order valence-electron chi connectivity index (χ4n) is 3.16. The van der Waals surface area contributed by atoms with Gasteiger partial charge in [0.25, 0.3) is 5.91 Å². The number of carbonyl (C=O) groups is 2. The van der Waals surface area contributed by atoms with Crippen LogP contribution in [0, 0.1) is 11.3 Å². The number of fused-ring (bicyclic) bond motifs is 1. The molecule has 6 heteroatoms. The first-order valence-corrected chi connectivity index (χ1v) is 9.22. The Kier molecular flexibility index (Phi) is 5.95. The molecule has 6 nitrogen and oxygen atoms in total. The highest BCUT2D eigenvalue weighted by atomic mass is 16.5. The van der Waals surface area contributed by atoms with Crippen molar-refractivity contribution in [2.75, 3.05) is 27.2 Å². The Bertz CT molecular complexity index is 931. The van der Waals surface area contributed by atoms with Gasteiger partial charge >= 0.3 is 0 Å². The summed E-state index contributed by atoms with van der Waals surface area (Å²) in [6.45, 7) is 1.31. The van der Waals surface area contributed by atoms with Gasteiger partial charge in [-0.25, -0.2) is 0 Å². The van der Waals surface area contributed by atoms with Crippen molar-refractivity contribution >= 4 is 11.8 Å². The van der Waals surface area contributed by atoms with Crippen LogP contribution in [0.25, 0.3) is 0 Å². The second kappa shape index (κ2) is 8.57. The Labute approximate surface area is 164 Å². The van der Waals surface area contributed by atoms with E-state index >= 15 is 0 Å². The number of benzene rings is 2. The lowest BCUT2D eigenvalue weighted by atomic mass is 10.0. The van der Waals surface area contributed by atoms with Crippen LogP contribution in [0.1, 0.15) is 33.5 Å². The molecule has 0 aliphatic carbocycles. The fourth-order valence-corrected chi connectivity index (χ4v) is 3.16. The third-order valence-electron chi connectivity index (χ3n) is 4.76. The lowest BCUT2D eigenvalue weighted by Gasteiger charge is -2.20. The van der Waals surface area contributed by atoms with Gasteiger partial charge in [0.05, 0.1) is 18.2 Å². The number of hydrogen-bond acceptors (Lipinski definition) is 4. The largest absolute Gasteiger partial charge is 0.491 e. The van der Waals surface area contributed by atoms with Crippen LogP contribution in [0.15, 0.2) is 42.5 Å². The van der Waals surface area contributed by atoms with E-state index < -0.39 is 0 Å². The van der Waals surface area contributed by atoms with E-state index in [0.29, 0.717) is 43.7 Å². The second-order valence-electron chi connectivity index (χ2n) is 7.00. The van der Waals surface area contributed by atoms with Crippen molar-refractivity contribution in [3.63, 3.8) is 0 Å². The van der Waals surface area contributed by atoms with Gasteiger partial charge in [-0.1, -0.05) is 18.2 Å². The van der Waals surface area contributed by atoms with Crippen LogP contribution < -0.4 is 4.74 Å². The summed E-state index contributed by atoms with van der Waals surface area (Å²) in [5.74, 6) is 0.728. The maximum Gasteiger partial charge on any atom is 0.254 e. The quantitative estimate of drug-likeness (QED) is 0.821. The molecule has 1 heterocycles. The fraction of sp³-hybridized carbons (Fsp3) is 0.318. The summed E-state index contributed by atoms with van der Waals surface area (Å²) in [6, 6.07) is 14.7. The second-order valence-corrected chi connectivity index (χ2v) is 7.00. The number of nitriles is 1. The SMILES string of the molecule is CN(C)C(=O)CCc1ccc2c(c1)CN(C(=O)c1cccc(C#N)c1)CCO2. The summed E-state index contributed by atoms with van der Waals surface area (Å²) in [7, 11) is 3.50. The molecule has 0 bridgehead atoms. The number of amides is 2. The number of ether oxygens (including phenoxy) is 1. The molecule has 0 atom stereocenters. The van der Waals surface area contributed by atoms with Gasteiger partial charge in [0.15, 0.2) is 0 Å². The molecule has 0 fully saturated rings. The van der Waals surface area contributed by atoms with Gasteiger partial charge in [-0.3, -0.25) is 9.59 Å². The monoisotopic (exact) mass is 377 g/mol. The van der Waals surface area contributed by atoms with Crippen molar-refractivity contribution in [3.8, 4) is 11.8 Å². The van der Waals surface area contributed by atoms with E-state index in [1.165, 1.54) is 0 Å². The van der Waals surface area contributed by atoms with Crippen LogP contribution in [-0.4, -0.2) is 48.9 Å². The smallest absolute Gasteiger partial charge is 0.254 e. The highest BCUT2D eigenvalue weighted by Crippen LogP contribution is 2.26. The van der Waals surface area contributed by atoms with Crippen molar-refractivity contribution in [3.05, 3.63) is 64.7 Å². The minimum absolute atomic E-state index is 0.0837. The number of nitrogens with zero attached hydrogens (tertiary/aromatic N) is 3. The van der Waals surface area contributed by atoms with Crippen molar-refractivity contribution in [1.82, 2.24) is 9.80 Å². The zero-order chi connectivity index (χ0) is 20.1. The number of aryl methyl sites for hydroxylation is 1. The topological polar surface area (TPSA) is 73.6 Å². The van der Waals surface area contributed by atoms with Gasteiger partial charge in [0, 0.05) is 38.2 Å². The Hall–Kier alpha value is -3.33. The van der Waals surface area contributed by atoms with Crippen LogP contribution >= 0.6 is 0 Å². The van der Waals surface area contributed by atoms with Gasteiger partial charge in [-0.05, 0) is 36.2 Å². The average Bonchev–Trinajstić information content (AvgIpc) is 2.93. The summed E-state index contributed by atoms with van der Waals surface area (Å²) in [5.41, 5.74) is 2.93. The predicted octanol–water partition coefficient (Wildman–Crippen LogP) is 2.61. The van der Waals surface area contributed by atoms with Crippen molar-refractivity contribution < 1.29 is 14.3 Å². The van der Waals surface area contributed by atoms with E-state index in [-0.39, 0.29) is 11.8 Å². The van der Waals surface area contributed by atoms with E-state index in [0.717, 1.165) is 16.9 Å². The maximum absolute atomic E-state index is 12.9. The van der Waals surface area contributed by atoms with Crippen LogP contribution in [0.2, 0.25) is 0 Å². The first-order chi connectivity index (χ1) is 13.5. The third-order valence-corrected chi connectivity index (χ3v) is 4.76. The van der Waals surface area contributed by atoms with Crippen molar-refractivity contribution in [2.24, 2.45) is 0 Å². The van der Waals surface area contributed by atoms with E-state index in [4.69, 9.17) is 10.00 Å². The van der Waals surface area contributed by atoms with Crippen molar-refractivity contribution in [1.29, 1.82) is 5.26 Å². The highest BCUT2D eigenvalue weighted by Gasteiger charge is 2.21. The van der Waals surface area contributed by atoms with Crippen LogP contribution in [-0.2, 0) is 17.8 Å². The number of hydrogen-bond donors (Lipinski definition) is 0. The van der Waals surface area contributed by atoms with Gasteiger partial charge in [-0.2, -0.15) is 5.26 Å². The zero-order valence-electron chi connectivity index (χ0n) is 16.1. The predicted molar refractivity (Wildman–Crippen MR) is 105 cm³/mol. The summed E-state index contributed by atoms with van der Waals surface area (Å²) in [4.78, 5) is 28.1. The molecular formula is C22H23N3O3. The minimum atomic E-state index is -0.123. The molecule has 0 unspecified atom stereocenters. The van der Waals surface area contributed by atoms with E-state index in [2.05, 4.69) is 6.07 Å². The third kappa shape index (κ3) is 4.49. The molecule has 0 N–H and O–H groups in total. The summed E-state index contributed by atoms with van der Waals surface area (Å²) in [6.07, 6.45) is 1.08. The molecule has 144 valence electrons. The Morgan fingerprint density at radius 1 is 1.21 bits per heavy atom. The molecule has 0 radical (unpaired) electrons. The average molecular weight is 377 g/mol. The normalized spacial score (nSPS) is 13.0.